The molecule has 3 heterocycles. The summed E-state index contributed by atoms with van der Waals surface area (Å²) in [7, 11) is 1.91. The fourth-order valence-electron chi connectivity index (χ4n) is 4.79. The number of benzene rings is 1. The molecule has 1 amide bonds. The van der Waals surface area contributed by atoms with E-state index in [9.17, 15) is 13.2 Å². The van der Waals surface area contributed by atoms with E-state index in [0.29, 0.717) is 17.3 Å². The normalized spacial score (nSPS) is 19.4. The number of anilines is 4. The molecule has 2 aliphatic heterocycles. The SMILES string of the molecule is C=CCS(=O)(=O)c1ccc(OC)c(Nc2ccc3c(n2)N(C2CCN(C)CC2)[C@H](C)C(=O)N3C)c1. The lowest BCUT2D eigenvalue weighted by Gasteiger charge is -2.45. The van der Waals surface area contributed by atoms with Crippen LogP contribution in [0.5, 0.6) is 5.75 Å². The van der Waals surface area contributed by atoms with Crippen LogP contribution >= 0.6 is 0 Å². The van der Waals surface area contributed by atoms with Crippen LogP contribution in [0.25, 0.3) is 0 Å². The van der Waals surface area contributed by atoms with E-state index in [-0.39, 0.29) is 28.6 Å². The van der Waals surface area contributed by atoms with Gasteiger partial charge in [-0.2, -0.15) is 0 Å². The molecule has 1 atom stereocenters. The zero-order chi connectivity index (χ0) is 25.3. The number of nitrogens with zero attached hydrogens (tertiary/aromatic N) is 4. The standard InChI is InChI=1S/C25H33N5O4S/c1-6-15-35(32,33)19-7-9-22(34-5)20(16-19)26-23-10-8-21-24(27-23)30(17(2)25(31)29(21)4)18-11-13-28(3)14-12-18/h6-10,16-18H,1,11-15H2,2-5H3,(H,26,27)/t17-/m1/s1. The van der Waals surface area contributed by atoms with E-state index in [2.05, 4.69) is 28.7 Å². The number of pyridine rings is 1. The second kappa shape index (κ2) is 9.87. The third-order valence-electron chi connectivity index (χ3n) is 6.78. The minimum Gasteiger partial charge on any atom is -0.495 e. The lowest BCUT2D eigenvalue weighted by Crippen LogP contribution is -2.57. The molecule has 10 heteroatoms. The molecule has 0 aliphatic carbocycles. The number of likely N-dealkylation sites (N-methyl/N-ethyl adjacent to an activating group) is 1. The number of amides is 1. The van der Waals surface area contributed by atoms with Crippen molar-refractivity contribution in [1.82, 2.24) is 9.88 Å². The van der Waals surface area contributed by atoms with Crippen LogP contribution < -0.4 is 19.9 Å². The van der Waals surface area contributed by atoms with Gasteiger partial charge in [-0.1, -0.05) is 6.08 Å². The Labute approximate surface area is 207 Å². The third kappa shape index (κ3) is 4.85. The van der Waals surface area contributed by atoms with Crippen molar-refractivity contribution in [2.75, 3.05) is 55.2 Å². The number of carbonyl (C=O) groups excluding carboxylic acids is 1. The van der Waals surface area contributed by atoms with Crippen molar-refractivity contribution in [1.29, 1.82) is 0 Å². The van der Waals surface area contributed by atoms with Crippen LogP contribution in [0.3, 0.4) is 0 Å². The Balaban J connectivity index is 1.72. The van der Waals surface area contributed by atoms with Crippen molar-refractivity contribution in [2.24, 2.45) is 0 Å². The van der Waals surface area contributed by atoms with Crippen LogP contribution in [0.2, 0.25) is 0 Å². The van der Waals surface area contributed by atoms with Gasteiger partial charge in [0, 0.05) is 13.1 Å². The number of aromatic nitrogens is 1. The van der Waals surface area contributed by atoms with E-state index in [1.807, 2.05) is 13.0 Å². The second-order valence-electron chi connectivity index (χ2n) is 9.11. The van der Waals surface area contributed by atoms with E-state index in [1.54, 1.807) is 30.1 Å². The van der Waals surface area contributed by atoms with E-state index in [4.69, 9.17) is 9.72 Å². The molecule has 0 saturated carbocycles. The molecule has 4 rings (SSSR count). The Kier molecular flexibility index (Phi) is 7.05. The van der Waals surface area contributed by atoms with Crippen LogP contribution in [0, 0.1) is 0 Å². The molecule has 0 unspecified atom stereocenters. The van der Waals surface area contributed by atoms with Gasteiger partial charge < -0.3 is 24.8 Å². The zero-order valence-electron chi connectivity index (χ0n) is 20.7. The molecule has 1 fully saturated rings. The van der Waals surface area contributed by atoms with Gasteiger partial charge in [-0.3, -0.25) is 4.79 Å². The Bertz CT molecular complexity index is 1220. The van der Waals surface area contributed by atoms with Gasteiger partial charge in [-0.15, -0.1) is 6.58 Å². The number of likely N-dealkylation sites (tertiary alicyclic amines) is 1. The minimum absolute atomic E-state index is 0.0423. The van der Waals surface area contributed by atoms with Crippen LogP contribution in [0.15, 0.2) is 47.9 Å². The van der Waals surface area contributed by atoms with E-state index >= 15 is 0 Å². The quantitative estimate of drug-likeness (QED) is 0.581. The van der Waals surface area contributed by atoms with Gasteiger partial charge in [-0.05, 0) is 70.2 Å². The fourth-order valence-corrected chi connectivity index (χ4v) is 5.87. The molecule has 1 aromatic carbocycles. The number of hydrogen-bond acceptors (Lipinski definition) is 8. The van der Waals surface area contributed by atoms with Crippen molar-refractivity contribution in [2.45, 2.75) is 36.7 Å². The number of ether oxygens (including phenoxy) is 1. The van der Waals surface area contributed by atoms with Crippen molar-refractivity contribution >= 4 is 38.8 Å². The van der Waals surface area contributed by atoms with Crippen molar-refractivity contribution < 1.29 is 17.9 Å². The van der Waals surface area contributed by atoms with E-state index < -0.39 is 9.84 Å². The molecule has 0 radical (unpaired) electrons. The maximum Gasteiger partial charge on any atom is 0.249 e. The number of carbonyl (C=O) groups is 1. The molecular weight excluding hydrogens is 466 g/mol. The largest absolute Gasteiger partial charge is 0.495 e. The van der Waals surface area contributed by atoms with Crippen LogP contribution in [-0.2, 0) is 14.6 Å². The topological polar surface area (TPSA) is 95.1 Å². The van der Waals surface area contributed by atoms with E-state index in [0.717, 1.165) is 37.4 Å². The highest BCUT2D eigenvalue weighted by Gasteiger charge is 2.39. The molecule has 35 heavy (non-hydrogen) atoms. The number of piperidine rings is 1. The van der Waals surface area contributed by atoms with Crippen molar-refractivity contribution in [3.05, 3.63) is 43.0 Å². The third-order valence-corrected chi connectivity index (χ3v) is 8.42. The van der Waals surface area contributed by atoms with Gasteiger partial charge in [0.1, 0.15) is 17.6 Å². The number of methoxy groups -OCH3 is 1. The Hall–Kier alpha value is -3.11. The highest BCUT2D eigenvalue weighted by Crippen LogP contribution is 2.39. The van der Waals surface area contributed by atoms with Crippen LogP contribution in [0.1, 0.15) is 19.8 Å². The van der Waals surface area contributed by atoms with Crippen LogP contribution in [-0.4, -0.2) is 76.3 Å². The highest BCUT2D eigenvalue weighted by atomic mass is 32.2. The van der Waals surface area contributed by atoms with Gasteiger partial charge in [0.2, 0.25) is 5.91 Å². The number of sulfone groups is 1. The number of nitrogens with one attached hydrogen (secondary N) is 1. The predicted molar refractivity (Wildman–Crippen MR) is 139 cm³/mol. The molecule has 1 N–H and O–H groups in total. The summed E-state index contributed by atoms with van der Waals surface area (Å²) in [5.74, 6) is 1.66. The van der Waals surface area contributed by atoms with Crippen molar-refractivity contribution in [3.8, 4) is 5.75 Å². The molecule has 0 spiro atoms. The Morgan fingerprint density at radius 1 is 1.20 bits per heavy atom. The maximum absolute atomic E-state index is 13.0. The van der Waals surface area contributed by atoms with Gasteiger partial charge in [0.25, 0.3) is 0 Å². The summed E-state index contributed by atoms with van der Waals surface area (Å²) in [5.41, 5.74) is 1.25. The summed E-state index contributed by atoms with van der Waals surface area (Å²) in [6.07, 6.45) is 3.27. The molecule has 2 aliphatic rings. The molecular formula is C25H33N5O4S. The lowest BCUT2D eigenvalue weighted by atomic mass is 9.99. The van der Waals surface area contributed by atoms with Gasteiger partial charge in [0.05, 0.1) is 29.1 Å². The first-order chi connectivity index (χ1) is 16.7. The summed E-state index contributed by atoms with van der Waals surface area (Å²) in [6, 6.07) is 8.24. The smallest absolute Gasteiger partial charge is 0.249 e. The lowest BCUT2D eigenvalue weighted by molar-refractivity contribution is -0.119. The average molecular weight is 500 g/mol. The van der Waals surface area contributed by atoms with Crippen molar-refractivity contribution in [3.63, 3.8) is 0 Å². The zero-order valence-corrected chi connectivity index (χ0v) is 21.5. The maximum atomic E-state index is 13.0. The molecule has 2 aromatic rings. The van der Waals surface area contributed by atoms with Gasteiger partial charge in [-0.25, -0.2) is 13.4 Å². The number of hydrogen-bond donors (Lipinski definition) is 1. The van der Waals surface area contributed by atoms with Gasteiger partial charge in [0.15, 0.2) is 15.7 Å². The molecule has 9 nitrogen and oxygen atoms in total. The Morgan fingerprint density at radius 2 is 1.91 bits per heavy atom. The summed E-state index contributed by atoms with van der Waals surface area (Å²) in [6.45, 7) is 7.40. The molecule has 1 aromatic heterocycles. The van der Waals surface area contributed by atoms with E-state index in [1.165, 1.54) is 19.3 Å². The molecule has 1 saturated heterocycles. The first-order valence-electron chi connectivity index (χ1n) is 11.7. The minimum atomic E-state index is -3.50. The summed E-state index contributed by atoms with van der Waals surface area (Å²) in [5, 5.41) is 3.23. The van der Waals surface area contributed by atoms with Crippen LogP contribution in [0.4, 0.5) is 23.0 Å². The monoisotopic (exact) mass is 499 g/mol. The Morgan fingerprint density at radius 3 is 2.57 bits per heavy atom. The average Bonchev–Trinajstić information content (AvgIpc) is 2.84. The molecule has 188 valence electrons. The fraction of sp³-hybridized carbons (Fsp3) is 0.440. The molecule has 0 bridgehead atoms. The predicted octanol–water partition coefficient (Wildman–Crippen LogP) is 3.06. The first kappa shape index (κ1) is 25.0. The summed E-state index contributed by atoms with van der Waals surface area (Å²) < 4.78 is 30.6. The van der Waals surface area contributed by atoms with Gasteiger partial charge >= 0.3 is 0 Å². The first-order valence-corrected chi connectivity index (χ1v) is 13.4. The summed E-state index contributed by atoms with van der Waals surface area (Å²) >= 11 is 0. The highest BCUT2D eigenvalue weighted by molar-refractivity contribution is 7.91. The summed E-state index contributed by atoms with van der Waals surface area (Å²) in [4.78, 5) is 24.2. The second-order valence-corrected chi connectivity index (χ2v) is 11.1. The number of fused-ring (bicyclic) bond motifs is 1. The number of rotatable bonds is 7.